The van der Waals surface area contributed by atoms with Crippen molar-refractivity contribution in [2.75, 3.05) is 13.6 Å². The molecule has 0 fully saturated rings. The predicted octanol–water partition coefficient (Wildman–Crippen LogP) is 2.77. The van der Waals surface area contributed by atoms with Crippen LogP contribution in [0.15, 0.2) is 69.9 Å². The number of β-amino-alcohol motifs (C(OH)–C–C–N with tert-alkyl or cyclic N) is 1. The van der Waals surface area contributed by atoms with Gasteiger partial charge in [-0.1, -0.05) is 48.6 Å². The first-order chi connectivity index (χ1) is 11.9. The third kappa shape index (κ3) is 4.06. The number of aliphatic imine (C=N–C) groups is 1. The maximum atomic E-state index is 10.4. The maximum Gasteiger partial charge on any atom is 0.155 e. The molecule has 0 radical (unpaired) electrons. The predicted molar refractivity (Wildman–Crippen MR) is 105 cm³/mol. The van der Waals surface area contributed by atoms with Crippen LogP contribution in [-0.2, 0) is 0 Å². The van der Waals surface area contributed by atoms with Crippen LogP contribution >= 0.6 is 0 Å². The topological polar surface area (TPSA) is 74.2 Å². The molecular formula is C20H26N4O. The highest BCUT2D eigenvalue weighted by Gasteiger charge is 2.31. The van der Waals surface area contributed by atoms with Gasteiger partial charge in [0.1, 0.15) is 5.71 Å². The van der Waals surface area contributed by atoms with E-state index in [9.17, 15) is 5.11 Å². The molecule has 25 heavy (non-hydrogen) atoms. The highest BCUT2D eigenvalue weighted by Crippen LogP contribution is 2.24. The minimum Gasteiger partial charge on any atom is -0.402 e. The first-order valence-corrected chi connectivity index (χ1v) is 8.23. The van der Waals surface area contributed by atoms with E-state index in [0.29, 0.717) is 18.1 Å². The molecule has 1 heterocycles. The number of amidine groups is 1. The Bertz CT molecular complexity index is 765. The average molecular weight is 338 g/mol. The average Bonchev–Trinajstić information content (AvgIpc) is 2.94. The lowest BCUT2D eigenvalue weighted by Gasteiger charge is -2.20. The lowest BCUT2D eigenvalue weighted by atomic mass is 10.00. The molecule has 5 nitrogen and oxygen atoms in total. The molecule has 0 amide bonds. The van der Waals surface area contributed by atoms with E-state index >= 15 is 0 Å². The molecule has 0 aromatic heterocycles. The number of aryl methyl sites for hydroxylation is 1. The number of rotatable bonds is 5. The Hall–Kier alpha value is -2.66. The maximum absolute atomic E-state index is 10.4. The van der Waals surface area contributed by atoms with E-state index in [2.05, 4.69) is 11.6 Å². The smallest absolute Gasteiger partial charge is 0.155 e. The molecule has 132 valence electrons. The van der Waals surface area contributed by atoms with Crippen molar-refractivity contribution in [1.82, 2.24) is 5.01 Å². The molecule has 1 atom stereocenters. The first kappa shape index (κ1) is 18.7. The second-order valence-corrected chi connectivity index (χ2v) is 6.16. The van der Waals surface area contributed by atoms with Gasteiger partial charge in [-0.05, 0) is 26.3 Å². The van der Waals surface area contributed by atoms with Gasteiger partial charge < -0.3 is 10.8 Å². The van der Waals surface area contributed by atoms with Gasteiger partial charge in [0.25, 0.3) is 0 Å². The molecule has 3 N–H and O–H groups in total. The van der Waals surface area contributed by atoms with Crippen LogP contribution in [0.5, 0.6) is 0 Å². The molecule has 0 aliphatic carbocycles. The number of hydrogen-bond donors (Lipinski definition) is 2. The molecule has 0 bridgehead atoms. The SMILES string of the molecule is C=C/C=C(\C)C(O)CN1N=C(c2ccc(C)cc2)C(=C(/C)N)/C1=N\C. The van der Waals surface area contributed by atoms with Crippen LogP contribution in [0.2, 0.25) is 0 Å². The minimum atomic E-state index is -0.671. The molecule has 0 saturated carbocycles. The molecule has 0 spiro atoms. The zero-order valence-corrected chi connectivity index (χ0v) is 15.3. The summed E-state index contributed by atoms with van der Waals surface area (Å²) >= 11 is 0. The van der Waals surface area contributed by atoms with Crippen molar-refractivity contribution < 1.29 is 5.11 Å². The monoisotopic (exact) mass is 338 g/mol. The summed E-state index contributed by atoms with van der Waals surface area (Å²) in [6.45, 7) is 9.71. The molecule has 1 aromatic rings. The number of hydrazone groups is 1. The molecule has 5 heteroatoms. The van der Waals surface area contributed by atoms with Crippen molar-refractivity contribution >= 4 is 11.5 Å². The van der Waals surface area contributed by atoms with E-state index in [0.717, 1.165) is 22.4 Å². The Morgan fingerprint density at radius 3 is 2.52 bits per heavy atom. The van der Waals surface area contributed by atoms with E-state index in [1.165, 1.54) is 5.56 Å². The van der Waals surface area contributed by atoms with Crippen molar-refractivity contribution in [3.05, 3.63) is 71.0 Å². The van der Waals surface area contributed by atoms with Gasteiger partial charge in [-0.15, -0.1) is 0 Å². The summed E-state index contributed by atoms with van der Waals surface area (Å²) in [4.78, 5) is 4.36. The van der Waals surface area contributed by atoms with Gasteiger partial charge in [0, 0.05) is 18.3 Å². The number of hydrogen-bond acceptors (Lipinski definition) is 4. The van der Waals surface area contributed by atoms with E-state index in [1.807, 2.05) is 45.0 Å². The minimum absolute atomic E-state index is 0.301. The normalized spacial score (nSPS) is 19.9. The molecular weight excluding hydrogens is 312 g/mol. The highest BCUT2D eigenvalue weighted by molar-refractivity contribution is 6.32. The van der Waals surface area contributed by atoms with Gasteiger partial charge in [-0.2, -0.15) is 5.10 Å². The zero-order valence-electron chi connectivity index (χ0n) is 15.3. The number of nitrogens with two attached hydrogens (primary N) is 1. The van der Waals surface area contributed by atoms with E-state index < -0.39 is 6.10 Å². The van der Waals surface area contributed by atoms with E-state index in [1.54, 1.807) is 24.2 Å². The molecule has 1 aliphatic heterocycles. The Labute approximate surface area is 149 Å². The summed E-state index contributed by atoms with van der Waals surface area (Å²) in [5, 5.41) is 16.8. The van der Waals surface area contributed by atoms with Crippen LogP contribution in [-0.4, -0.2) is 41.4 Å². The Morgan fingerprint density at radius 1 is 1.36 bits per heavy atom. The largest absolute Gasteiger partial charge is 0.402 e. The lowest BCUT2D eigenvalue weighted by Crippen LogP contribution is -2.32. The van der Waals surface area contributed by atoms with Gasteiger partial charge in [0.15, 0.2) is 5.84 Å². The quantitative estimate of drug-likeness (QED) is 0.811. The summed E-state index contributed by atoms with van der Waals surface area (Å²) in [5.41, 5.74) is 11.3. The Morgan fingerprint density at radius 2 is 2.00 bits per heavy atom. The number of aliphatic hydroxyl groups excluding tert-OH is 1. The summed E-state index contributed by atoms with van der Waals surface area (Å²) in [6, 6.07) is 8.12. The number of allylic oxidation sites excluding steroid dienone is 3. The Kier molecular flexibility index (Phi) is 5.93. The van der Waals surface area contributed by atoms with Crippen LogP contribution in [0.3, 0.4) is 0 Å². The molecule has 1 unspecified atom stereocenters. The van der Waals surface area contributed by atoms with Crippen LogP contribution in [0.1, 0.15) is 25.0 Å². The number of nitrogens with zero attached hydrogens (tertiary/aromatic N) is 3. The second-order valence-electron chi connectivity index (χ2n) is 6.16. The van der Waals surface area contributed by atoms with Crippen molar-refractivity contribution in [1.29, 1.82) is 0 Å². The highest BCUT2D eigenvalue weighted by atomic mass is 16.3. The van der Waals surface area contributed by atoms with Gasteiger partial charge in [0.05, 0.1) is 18.2 Å². The molecule has 2 rings (SSSR count). The first-order valence-electron chi connectivity index (χ1n) is 8.23. The lowest BCUT2D eigenvalue weighted by molar-refractivity contribution is 0.177. The standard InChI is InChI=1S/C20H26N4O/c1-6-7-14(3)17(25)12-24-20(22-5)18(15(4)21)19(23-24)16-10-8-13(2)9-11-16/h6-11,17,25H,1,12,21H2,2-5H3/b14-7+,18-15+,22-20+. The fourth-order valence-corrected chi connectivity index (χ4v) is 2.69. The van der Waals surface area contributed by atoms with Crippen molar-refractivity contribution in [2.24, 2.45) is 15.8 Å². The third-order valence-electron chi connectivity index (χ3n) is 4.11. The van der Waals surface area contributed by atoms with Crippen molar-refractivity contribution in [2.45, 2.75) is 26.9 Å². The van der Waals surface area contributed by atoms with Crippen molar-refractivity contribution in [3.8, 4) is 0 Å². The van der Waals surface area contributed by atoms with Crippen molar-refractivity contribution in [3.63, 3.8) is 0 Å². The summed E-state index contributed by atoms with van der Waals surface area (Å²) in [5.74, 6) is 0.668. The Balaban J connectivity index is 2.43. The van der Waals surface area contributed by atoms with Crippen LogP contribution in [0.25, 0.3) is 0 Å². The van der Waals surface area contributed by atoms with Gasteiger partial charge in [-0.25, -0.2) is 5.01 Å². The second kappa shape index (κ2) is 7.94. The summed E-state index contributed by atoms with van der Waals surface area (Å²) < 4.78 is 0. The van der Waals surface area contributed by atoms with Crippen LogP contribution in [0, 0.1) is 6.92 Å². The van der Waals surface area contributed by atoms with E-state index in [4.69, 9.17) is 10.8 Å². The summed E-state index contributed by atoms with van der Waals surface area (Å²) in [6.07, 6.45) is 2.78. The van der Waals surface area contributed by atoms with Crippen LogP contribution < -0.4 is 5.73 Å². The number of benzene rings is 1. The third-order valence-corrected chi connectivity index (χ3v) is 4.11. The molecule has 1 aliphatic rings. The molecule has 0 saturated heterocycles. The van der Waals surface area contributed by atoms with E-state index in [-0.39, 0.29) is 0 Å². The van der Waals surface area contributed by atoms with Gasteiger partial charge in [0.2, 0.25) is 0 Å². The fraction of sp³-hybridized carbons (Fsp3) is 0.300. The molecule has 1 aromatic carbocycles. The zero-order chi connectivity index (χ0) is 18.6. The van der Waals surface area contributed by atoms with Crippen LogP contribution in [0.4, 0.5) is 0 Å². The van der Waals surface area contributed by atoms with Gasteiger partial charge in [-0.3, -0.25) is 4.99 Å². The number of aliphatic hydroxyl groups is 1. The summed E-state index contributed by atoms with van der Waals surface area (Å²) in [7, 11) is 1.71. The fourth-order valence-electron chi connectivity index (χ4n) is 2.69. The van der Waals surface area contributed by atoms with Gasteiger partial charge >= 0.3 is 0 Å².